The maximum atomic E-state index is 12.7. The first kappa shape index (κ1) is 20.1. The highest BCUT2D eigenvalue weighted by Crippen LogP contribution is 2.26. The minimum atomic E-state index is -3.77. The lowest BCUT2D eigenvalue weighted by Crippen LogP contribution is -2.26. The molecule has 1 aromatic carbocycles. The summed E-state index contributed by atoms with van der Waals surface area (Å²) in [5.74, 6) is -0.768. The zero-order valence-corrected chi connectivity index (χ0v) is 16.8. The molecule has 3 rings (SSSR count). The summed E-state index contributed by atoms with van der Waals surface area (Å²) in [4.78, 5) is 12.4. The molecule has 6 nitrogen and oxygen atoms in total. The van der Waals surface area contributed by atoms with Gasteiger partial charge in [-0.15, -0.1) is 0 Å². The Labute approximate surface area is 160 Å². The first-order valence-electron chi connectivity index (χ1n) is 9.28. The van der Waals surface area contributed by atoms with E-state index in [0.717, 1.165) is 19.3 Å². The number of rotatable bonds is 6. The number of hydrogen-bond donors (Lipinski definition) is 1. The van der Waals surface area contributed by atoms with Crippen LogP contribution in [0.4, 0.5) is 0 Å². The second-order valence-electron chi connectivity index (χ2n) is 7.21. The molecule has 0 aromatic heterocycles. The molecule has 1 aromatic rings. The van der Waals surface area contributed by atoms with Crippen molar-refractivity contribution in [2.75, 3.05) is 18.1 Å². The lowest BCUT2D eigenvalue weighted by Gasteiger charge is -2.13. The molecular formula is C19H25NO5S2. The maximum absolute atomic E-state index is 12.7. The SMILES string of the molecule is O=C(NCCC1=CCCCC1)c1cccc(S(=O)(=O)[C@@H]2CCS(=O)(=O)C2)c1. The molecule has 0 radical (unpaired) electrons. The summed E-state index contributed by atoms with van der Waals surface area (Å²) < 4.78 is 48.6. The van der Waals surface area contributed by atoms with Gasteiger partial charge in [0.15, 0.2) is 19.7 Å². The third kappa shape index (κ3) is 4.99. The second kappa shape index (κ2) is 8.14. The third-order valence-corrected chi connectivity index (χ3v) is 9.34. The van der Waals surface area contributed by atoms with Gasteiger partial charge in [-0.1, -0.05) is 17.7 Å². The highest BCUT2D eigenvalue weighted by atomic mass is 32.2. The van der Waals surface area contributed by atoms with Crippen molar-refractivity contribution in [3.63, 3.8) is 0 Å². The van der Waals surface area contributed by atoms with E-state index in [2.05, 4.69) is 11.4 Å². The normalized spacial score (nSPS) is 22.2. The molecule has 1 fully saturated rings. The second-order valence-corrected chi connectivity index (χ2v) is 11.7. The van der Waals surface area contributed by atoms with E-state index >= 15 is 0 Å². The van der Waals surface area contributed by atoms with Crippen LogP contribution in [-0.4, -0.2) is 46.0 Å². The van der Waals surface area contributed by atoms with Crippen LogP contribution in [0.15, 0.2) is 40.8 Å². The Morgan fingerprint density at radius 2 is 2.04 bits per heavy atom. The minimum absolute atomic E-state index is 0.00670. The molecule has 1 N–H and O–H groups in total. The number of sulfone groups is 2. The zero-order chi connectivity index (χ0) is 19.5. The Morgan fingerprint density at radius 1 is 1.22 bits per heavy atom. The molecule has 1 atom stereocenters. The van der Waals surface area contributed by atoms with E-state index in [-0.39, 0.29) is 34.3 Å². The molecule has 8 heteroatoms. The summed E-state index contributed by atoms with van der Waals surface area (Å²) in [7, 11) is -7.07. The zero-order valence-electron chi connectivity index (χ0n) is 15.2. The van der Waals surface area contributed by atoms with Crippen LogP contribution in [-0.2, 0) is 19.7 Å². The van der Waals surface area contributed by atoms with Crippen LogP contribution < -0.4 is 5.32 Å². The summed E-state index contributed by atoms with van der Waals surface area (Å²) in [6, 6.07) is 5.86. The van der Waals surface area contributed by atoms with Crippen molar-refractivity contribution in [3.8, 4) is 0 Å². The first-order valence-corrected chi connectivity index (χ1v) is 12.7. The molecular weight excluding hydrogens is 386 g/mol. The van der Waals surface area contributed by atoms with Crippen molar-refractivity contribution in [2.45, 2.75) is 48.7 Å². The van der Waals surface area contributed by atoms with Gasteiger partial charge in [0.2, 0.25) is 0 Å². The largest absolute Gasteiger partial charge is 0.352 e. The molecule has 27 heavy (non-hydrogen) atoms. The first-order chi connectivity index (χ1) is 12.8. The Kier molecular flexibility index (Phi) is 6.05. The summed E-state index contributed by atoms with van der Waals surface area (Å²) in [6.45, 7) is 0.516. The molecule has 1 aliphatic heterocycles. The predicted molar refractivity (Wildman–Crippen MR) is 104 cm³/mol. The van der Waals surface area contributed by atoms with E-state index in [1.807, 2.05) is 0 Å². The molecule has 0 unspecified atom stereocenters. The van der Waals surface area contributed by atoms with Crippen LogP contribution in [0.5, 0.6) is 0 Å². The van der Waals surface area contributed by atoms with Crippen LogP contribution in [0.3, 0.4) is 0 Å². The number of benzene rings is 1. The quantitative estimate of drug-likeness (QED) is 0.724. The van der Waals surface area contributed by atoms with Gasteiger partial charge in [0, 0.05) is 12.1 Å². The summed E-state index contributed by atoms with van der Waals surface area (Å²) in [6.07, 6.45) is 7.74. The van der Waals surface area contributed by atoms with Crippen LogP contribution in [0.2, 0.25) is 0 Å². The number of allylic oxidation sites excluding steroid dienone is 1. The Morgan fingerprint density at radius 3 is 2.70 bits per heavy atom. The highest BCUT2D eigenvalue weighted by Gasteiger charge is 2.38. The number of nitrogens with one attached hydrogen (secondary N) is 1. The fourth-order valence-corrected chi connectivity index (χ4v) is 7.99. The van der Waals surface area contributed by atoms with Crippen LogP contribution in [0.1, 0.15) is 48.9 Å². The van der Waals surface area contributed by atoms with Crippen molar-refractivity contribution in [1.82, 2.24) is 5.32 Å². The molecule has 0 spiro atoms. The molecule has 0 saturated carbocycles. The minimum Gasteiger partial charge on any atom is -0.352 e. The molecule has 1 amide bonds. The average Bonchev–Trinajstić information content (AvgIpc) is 3.03. The Balaban J connectivity index is 1.66. The molecule has 1 saturated heterocycles. The van der Waals surface area contributed by atoms with Crippen LogP contribution >= 0.6 is 0 Å². The van der Waals surface area contributed by atoms with Gasteiger partial charge in [-0.25, -0.2) is 16.8 Å². The van der Waals surface area contributed by atoms with E-state index < -0.39 is 24.9 Å². The molecule has 1 heterocycles. The van der Waals surface area contributed by atoms with Crippen molar-refractivity contribution in [1.29, 1.82) is 0 Å². The van der Waals surface area contributed by atoms with E-state index in [1.165, 1.54) is 36.6 Å². The topological polar surface area (TPSA) is 97.4 Å². The van der Waals surface area contributed by atoms with E-state index in [9.17, 15) is 21.6 Å². The monoisotopic (exact) mass is 411 g/mol. The number of hydrogen-bond acceptors (Lipinski definition) is 5. The van der Waals surface area contributed by atoms with Crippen LogP contribution in [0, 0.1) is 0 Å². The van der Waals surface area contributed by atoms with Crippen molar-refractivity contribution >= 4 is 25.6 Å². The van der Waals surface area contributed by atoms with Crippen molar-refractivity contribution in [3.05, 3.63) is 41.5 Å². The Hall–Kier alpha value is -1.67. The molecule has 0 bridgehead atoms. The van der Waals surface area contributed by atoms with Gasteiger partial charge >= 0.3 is 0 Å². The molecule has 148 valence electrons. The highest BCUT2D eigenvalue weighted by molar-refractivity contribution is 7.96. The Bertz CT molecular complexity index is 948. The number of amides is 1. The van der Waals surface area contributed by atoms with Gasteiger partial charge in [0.25, 0.3) is 5.91 Å². The predicted octanol–water partition coefficient (Wildman–Crippen LogP) is 2.27. The summed E-state index contributed by atoms with van der Waals surface area (Å²) >= 11 is 0. The van der Waals surface area contributed by atoms with E-state index in [4.69, 9.17) is 0 Å². The van der Waals surface area contributed by atoms with Gasteiger partial charge in [-0.3, -0.25) is 4.79 Å². The average molecular weight is 412 g/mol. The van der Waals surface area contributed by atoms with Gasteiger partial charge in [0.05, 0.1) is 21.7 Å². The van der Waals surface area contributed by atoms with E-state index in [1.54, 1.807) is 6.07 Å². The number of carbonyl (C=O) groups is 1. The van der Waals surface area contributed by atoms with E-state index in [0.29, 0.717) is 6.54 Å². The smallest absolute Gasteiger partial charge is 0.251 e. The fourth-order valence-electron chi connectivity index (χ4n) is 3.58. The van der Waals surface area contributed by atoms with Gasteiger partial charge < -0.3 is 5.32 Å². The molecule has 2 aliphatic rings. The van der Waals surface area contributed by atoms with Gasteiger partial charge in [-0.05, 0) is 56.7 Å². The van der Waals surface area contributed by atoms with Crippen LogP contribution in [0.25, 0.3) is 0 Å². The third-order valence-electron chi connectivity index (χ3n) is 5.17. The lowest BCUT2D eigenvalue weighted by molar-refractivity contribution is 0.0954. The molecule has 1 aliphatic carbocycles. The van der Waals surface area contributed by atoms with Crippen molar-refractivity contribution < 1.29 is 21.6 Å². The fraction of sp³-hybridized carbons (Fsp3) is 0.526. The maximum Gasteiger partial charge on any atom is 0.251 e. The summed E-state index contributed by atoms with van der Waals surface area (Å²) in [5.41, 5.74) is 1.63. The summed E-state index contributed by atoms with van der Waals surface area (Å²) in [5, 5.41) is 1.91. The van der Waals surface area contributed by atoms with Crippen molar-refractivity contribution in [2.24, 2.45) is 0 Å². The van der Waals surface area contributed by atoms with Gasteiger partial charge in [0.1, 0.15) is 0 Å². The lowest BCUT2D eigenvalue weighted by atomic mass is 9.97. The van der Waals surface area contributed by atoms with Gasteiger partial charge in [-0.2, -0.15) is 0 Å². The number of carbonyl (C=O) groups excluding carboxylic acids is 1. The standard InChI is InChI=1S/C19H25NO5S2/c21-19(20-11-9-15-5-2-1-3-6-15)16-7-4-8-17(13-16)27(24,25)18-10-12-26(22,23)14-18/h4-5,7-8,13,18H,1-3,6,9-12,14H2,(H,20,21)/t18-/m1/s1.